The lowest BCUT2D eigenvalue weighted by molar-refractivity contribution is -0.147. The lowest BCUT2D eigenvalue weighted by Gasteiger charge is -2.09. The molecule has 2 atom stereocenters. The van der Waals surface area contributed by atoms with Crippen molar-refractivity contribution in [2.45, 2.75) is 25.6 Å². The minimum Gasteiger partial charge on any atom is -0.460 e. The van der Waals surface area contributed by atoms with Crippen molar-refractivity contribution in [1.82, 2.24) is 4.57 Å². The van der Waals surface area contributed by atoms with E-state index in [9.17, 15) is 9.59 Å². The molecule has 1 aromatic heterocycles. The van der Waals surface area contributed by atoms with E-state index in [0.29, 0.717) is 12.0 Å². The van der Waals surface area contributed by atoms with Gasteiger partial charge in [-0.25, -0.2) is 9.59 Å². The molecule has 0 amide bonds. The maximum atomic E-state index is 12.1. The SMILES string of the molecule is C[C@@H]1C[C@H](OC(=O)c2cccc(-n3cccc3)c2)C(=O)O1. The molecule has 1 saturated heterocycles. The molecule has 0 saturated carbocycles. The van der Waals surface area contributed by atoms with Crippen molar-refractivity contribution < 1.29 is 19.1 Å². The van der Waals surface area contributed by atoms with Crippen LogP contribution in [0.4, 0.5) is 0 Å². The van der Waals surface area contributed by atoms with Gasteiger partial charge in [-0.1, -0.05) is 6.07 Å². The Labute approximate surface area is 122 Å². The molecule has 0 unspecified atom stereocenters. The molecule has 0 N–H and O–H groups in total. The average molecular weight is 285 g/mol. The second-order valence-corrected chi connectivity index (χ2v) is 5.02. The maximum absolute atomic E-state index is 12.1. The first-order valence-corrected chi connectivity index (χ1v) is 6.78. The van der Waals surface area contributed by atoms with Crippen LogP contribution in [0.3, 0.4) is 0 Å². The minimum absolute atomic E-state index is 0.207. The molecule has 1 fully saturated rings. The van der Waals surface area contributed by atoms with Gasteiger partial charge >= 0.3 is 11.9 Å². The number of rotatable bonds is 3. The standard InChI is InChI=1S/C16H15NO4/c1-11-9-14(16(19)20-11)21-15(18)12-5-4-6-13(10-12)17-7-2-3-8-17/h2-8,10-11,14H,9H2,1H3/t11-,14+/m1/s1. The highest BCUT2D eigenvalue weighted by Gasteiger charge is 2.35. The largest absolute Gasteiger partial charge is 0.460 e. The van der Waals surface area contributed by atoms with Gasteiger partial charge in [-0.2, -0.15) is 0 Å². The Morgan fingerprint density at radius 2 is 2.05 bits per heavy atom. The molecule has 3 rings (SSSR count). The lowest BCUT2D eigenvalue weighted by atomic mass is 10.2. The molecule has 0 radical (unpaired) electrons. The number of carbonyl (C=O) groups excluding carboxylic acids is 2. The fourth-order valence-corrected chi connectivity index (χ4v) is 2.31. The van der Waals surface area contributed by atoms with Crippen LogP contribution in [0, 0.1) is 0 Å². The first kappa shape index (κ1) is 13.4. The van der Waals surface area contributed by atoms with Crippen LogP contribution in [0.15, 0.2) is 48.8 Å². The summed E-state index contributed by atoms with van der Waals surface area (Å²) in [5, 5.41) is 0. The van der Waals surface area contributed by atoms with E-state index in [1.165, 1.54) is 0 Å². The van der Waals surface area contributed by atoms with Crippen molar-refractivity contribution >= 4 is 11.9 Å². The third-order valence-electron chi connectivity index (χ3n) is 3.36. The zero-order chi connectivity index (χ0) is 14.8. The summed E-state index contributed by atoms with van der Waals surface area (Å²) < 4.78 is 12.1. The zero-order valence-corrected chi connectivity index (χ0v) is 11.6. The fourth-order valence-electron chi connectivity index (χ4n) is 2.31. The summed E-state index contributed by atoms with van der Waals surface area (Å²) in [5.41, 5.74) is 1.27. The number of carbonyl (C=O) groups is 2. The Morgan fingerprint density at radius 1 is 1.29 bits per heavy atom. The minimum atomic E-state index is -0.803. The van der Waals surface area contributed by atoms with Gasteiger partial charge in [0.1, 0.15) is 6.10 Å². The van der Waals surface area contributed by atoms with Crippen LogP contribution in [0.2, 0.25) is 0 Å². The number of hydrogen-bond donors (Lipinski definition) is 0. The van der Waals surface area contributed by atoms with Gasteiger partial charge in [0.2, 0.25) is 6.10 Å². The number of cyclic esters (lactones) is 1. The van der Waals surface area contributed by atoms with Crippen molar-refractivity contribution in [2.75, 3.05) is 0 Å². The Morgan fingerprint density at radius 3 is 2.71 bits per heavy atom. The molecule has 1 aromatic carbocycles. The molecule has 1 aliphatic rings. The predicted octanol–water partition coefficient (Wildman–Crippen LogP) is 2.34. The quantitative estimate of drug-likeness (QED) is 0.812. The topological polar surface area (TPSA) is 57.5 Å². The highest BCUT2D eigenvalue weighted by molar-refractivity contribution is 5.92. The molecule has 5 heteroatoms. The van der Waals surface area contributed by atoms with Gasteiger partial charge in [0.15, 0.2) is 0 Å². The van der Waals surface area contributed by atoms with Gasteiger partial charge in [0, 0.05) is 24.5 Å². The van der Waals surface area contributed by atoms with Crippen LogP contribution in [-0.4, -0.2) is 28.7 Å². The summed E-state index contributed by atoms with van der Waals surface area (Å²) in [7, 11) is 0. The van der Waals surface area contributed by atoms with Crippen molar-refractivity contribution in [3.8, 4) is 5.69 Å². The molecule has 1 aliphatic heterocycles. The molecule has 0 spiro atoms. The van der Waals surface area contributed by atoms with Crippen molar-refractivity contribution in [1.29, 1.82) is 0 Å². The third-order valence-corrected chi connectivity index (χ3v) is 3.36. The Hall–Kier alpha value is -2.56. The summed E-state index contributed by atoms with van der Waals surface area (Å²) in [6.07, 6.45) is 3.17. The van der Waals surface area contributed by atoms with E-state index in [1.54, 1.807) is 25.1 Å². The van der Waals surface area contributed by atoms with Crippen LogP contribution in [-0.2, 0) is 14.3 Å². The smallest absolute Gasteiger partial charge is 0.347 e. The van der Waals surface area contributed by atoms with Crippen molar-refractivity contribution in [3.05, 3.63) is 54.4 Å². The summed E-state index contributed by atoms with van der Waals surface area (Å²) in [6.45, 7) is 1.78. The number of esters is 2. The van der Waals surface area contributed by atoms with Crippen LogP contribution in [0.25, 0.3) is 5.69 Å². The molecule has 2 aromatic rings. The number of hydrogen-bond acceptors (Lipinski definition) is 4. The third kappa shape index (κ3) is 2.81. The van der Waals surface area contributed by atoms with E-state index >= 15 is 0 Å². The first-order chi connectivity index (χ1) is 10.1. The van der Waals surface area contributed by atoms with Gasteiger partial charge < -0.3 is 14.0 Å². The maximum Gasteiger partial charge on any atom is 0.347 e. The highest BCUT2D eigenvalue weighted by atomic mass is 16.6. The van der Waals surface area contributed by atoms with Crippen LogP contribution in [0.5, 0.6) is 0 Å². The summed E-state index contributed by atoms with van der Waals surface area (Å²) >= 11 is 0. The summed E-state index contributed by atoms with van der Waals surface area (Å²) in [4.78, 5) is 23.6. The van der Waals surface area contributed by atoms with Crippen molar-refractivity contribution in [3.63, 3.8) is 0 Å². The number of ether oxygens (including phenoxy) is 2. The fraction of sp³-hybridized carbons (Fsp3) is 0.250. The van der Waals surface area contributed by atoms with Gasteiger partial charge in [-0.05, 0) is 37.3 Å². The highest BCUT2D eigenvalue weighted by Crippen LogP contribution is 2.19. The molecule has 21 heavy (non-hydrogen) atoms. The van der Waals surface area contributed by atoms with Gasteiger partial charge in [0.25, 0.3) is 0 Å². The van der Waals surface area contributed by atoms with Crippen molar-refractivity contribution in [2.24, 2.45) is 0 Å². The first-order valence-electron chi connectivity index (χ1n) is 6.78. The summed E-state index contributed by atoms with van der Waals surface area (Å²) in [6, 6.07) is 10.9. The zero-order valence-electron chi connectivity index (χ0n) is 11.6. The molecule has 0 aliphatic carbocycles. The molecular weight excluding hydrogens is 270 g/mol. The van der Waals surface area contributed by atoms with E-state index in [-0.39, 0.29) is 6.10 Å². The van der Waals surface area contributed by atoms with Gasteiger partial charge in [-0.3, -0.25) is 0 Å². The number of nitrogens with zero attached hydrogens (tertiary/aromatic N) is 1. The Kier molecular flexibility index (Phi) is 3.48. The second-order valence-electron chi connectivity index (χ2n) is 5.02. The molecule has 108 valence electrons. The van der Waals surface area contributed by atoms with E-state index < -0.39 is 18.0 Å². The van der Waals surface area contributed by atoms with E-state index in [2.05, 4.69) is 0 Å². The van der Waals surface area contributed by atoms with E-state index in [4.69, 9.17) is 9.47 Å². The predicted molar refractivity (Wildman–Crippen MR) is 75.1 cm³/mol. The molecule has 5 nitrogen and oxygen atoms in total. The second kappa shape index (κ2) is 5.44. The molecule has 2 heterocycles. The average Bonchev–Trinajstić information content (AvgIpc) is 3.09. The lowest BCUT2D eigenvalue weighted by Crippen LogP contribution is -2.22. The van der Waals surface area contributed by atoms with Gasteiger partial charge in [0.05, 0.1) is 5.56 Å². The van der Waals surface area contributed by atoms with E-state index in [1.807, 2.05) is 35.2 Å². The number of aromatic nitrogens is 1. The van der Waals surface area contributed by atoms with Gasteiger partial charge in [-0.15, -0.1) is 0 Å². The molecular formula is C16H15NO4. The summed E-state index contributed by atoms with van der Waals surface area (Å²) in [5.74, 6) is -0.988. The van der Waals surface area contributed by atoms with E-state index in [0.717, 1.165) is 5.69 Å². The monoisotopic (exact) mass is 285 g/mol. The normalized spacial score (nSPS) is 21.1. The van der Waals surface area contributed by atoms with Crippen LogP contribution >= 0.6 is 0 Å². The van der Waals surface area contributed by atoms with Crippen LogP contribution < -0.4 is 0 Å². The molecule has 0 bridgehead atoms. The Bertz CT molecular complexity index is 663. The number of benzene rings is 1. The Balaban J connectivity index is 1.76. The van der Waals surface area contributed by atoms with Crippen LogP contribution in [0.1, 0.15) is 23.7 Å².